The normalized spacial score (nSPS) is 31.3. The highest BCUT2D eigenvalue weighted by Crippen LogP contribution is 2.29. The fourth-order valence-electron chi connectivity index (χ4n) is 4.20. The molecule has 3 aliphatic rings. The SMILES string of the molecule is O=C(C1Cc2ccccc2CN1)N1CCOC2CCCCC21. The first kappa shape index (κ1) is 14.2. The summed E-state index contributed by atoms with van der Waals surface area (Å²) in [5, 5.41) is 3.44. The first-order valence-corrected chi connectivity index (χ1v) is 8.55. The van der Waals surface area contributed by atoms with Crippen LogP contribution in [0.4, 0.5) is 0 Å². The van der Waals surface area contributed by atoms with E-state index >= 15 is 0 Å². The molecule has 2 fully saturated rings. The molecule has 0 aromatic heterocycles. The molecule has 118 valence electrons. The summed E-state index contributed by atoms with van der Waals surface area (Å²) < 4.78 is 5.89. The van der Waals surface area contributed by atoms with Crippen molar-refractivity contribution in [1.29, 1.82) is 0 Å². The lowest BCUT2D eigenvalue weighted by Crippen LogP contribution is -2.59. The van der Waals surface area contributed by atoms with E-state index in [0.717, 1.165) is 32.4 Å². The standard InChI is InChI=1S/C18H24N2O2/c21-18(15-11-13-5-1-2-6-14(13)12-19-15)20-9-10-22-17-8-4-3-7-16(17)20/h1-2,5-6,15-17,19H,3-4,7-12H2. The zero-order chi connectivity index (χ0) is 14.9. The van der Waals surface area contributed by atoms with Crippen LogP contribution in [0.1, 0.15) is 36.8 Å². The number of rotatable bonds is 1. The number of ether oxygens (including phenoxy) is 1. The fourth-order valence-corrected chi connectivity index (χ4v) is 4.20. The summed E-state index contributed by atoms with van der Waals surface area (Å²) in [6.07, 6.45) is 5.73. The minimum absolute atomic E-state index is 0.0735. The lowest BCUT2D eigenvalue weighted by molar-refractivity contribution is -0.151. The van der Waals surface area contributed by atoms with Gasteiger partial charge in [0.05, 0.1) is 24.8 Å². The van der Waals surface area contributed by atoms with E-state index in [1.807, 2.05) is 0 Å². The number of fused-ring (bicyclic) bond motifs is 2. The lowest BCUT2D eigenvalue weighted by atomic mass is 9.88. The van der Waals surface area contributed by atoms with E-state index in [1.165, 1.54) is 24.0 Å². The van der Waals surface area contributed by atoms with Crippen molar-refractivity contribution in [3.63, 3.8) is 0 Å². The molecule has 1 saturated heterocycles. The maximum absolute atomic E-state index is 13.0. The van der Waals surface area contributed by atoms with E-state index in [4.69, 9.17) is 4.74 Å². The quantitative estimate of drug-likeness (QED) is 0.861. The number of carbonyl (C=O) groups is 1. The number of hydrogen-bond donors (Lipinski definition) is 1. The van der Waals surface area contributed by atoms with Gasteiger partial charge in [0.25, 0.3) is 0 Å². The van der Waals surface area contributed by atoms with Crippen molar-refractivity contribution in [3.8, 4) is 0 Å². The molecule has 0 spiro atoms. The van der Waals surface area contributed by atoms with Gasteiger partial charge in [-0.2, -0.15) is 0 Å². The first-order chi connectivity index (χ1) is 10.8. The predicted octanol–water partition coefficient (Wildman–Crippen LogP) is 1.87. The van der Waals surface area contributed by atoms with Gasteiger partial charge in [-0.3, -0.25) is 4.79 Å². The van der Waals surface area contributed by atoms with Crippen LogP contribution in [0, 0.1) is 0 Å². The van der Waals surface area contributed by atoms with Gasteiger partial charge >= 0.3 is 0 Å². The second kappa shape index (κ2) is 6.01. The van der Waals surface area contributed by atoms with Gasteiger partial charge in [-0.25, -0.2) is 0 Å². The minimum atomic E-state index is -0.0735. The molecular weight excluding hydrogens is 276 g/mol. The molecule has 1 aromatic carbocycles. The number of nitrogens with one attached hydrogen (secondary N) is 1. The zero-order valence-corrected chi connectivity index (χ0v) is 13.0. The molecule has 3 unspecified atom stereocenters. The van der Waals surface area contributed by atoms with Crippen molar-refractivity contribution >= 4 is 5.91 Å². The third-order valence-electron chi connectivity index (χ3n) is 5.39. The van der Waals surface area contributed by atoms with Gasteiger partial charge in [-0.05, 0) is 30.4 Å². The van der Waals surface area contributed by atoms with E-state index in [2.05, 4.69) is 34.5 Å². The number of hydrogen-bond acceptors (Lipinski definition) is 3. The van der Waals surface area contributed by atoms with Gasteiger partial charge in [0, 0.05) is 13.1 Å². The largest absolute Gasteiger partial charge is 0.374 e. The summed E-state index contributed by atoms with van der Waals surface area (Å²) >= 11 is 0. The van der Waals surface area contributed by atoms with Crippen LogP contribution in [0.25, 0.3) is 0 Å². The molecule has 1 saturated carbocycles. The van der Waals surface area contributed by atoms with Gasteiger partial charge in [0.1, 0.15) is 0 Å². The smallest absolute Gasteiger partial charge is 0.240 e. The van der Waals surface area contributed by atoms with E-state index in [0.29, 0.717) is 12.6 Å². The summed E-state index contributed by atoms with van der Waals surface area (Å²) in [6.45, 7) is 2.24. The summed E-state index contributed by atoms with van der Waals surface area (Å²) in [4.78, 5) is 15.1. The Labute approximate surface area is 131 Å². The molecule has 1 aliphatic carbocycles. The topological polar surface area (TPSA) is 41.6 Å². The Hall–Kier alpha value is -1.39. The van der Waals surface area contributed by atoms with Crippen molar-refractivity contribution in [2.75, 3.05) is 13.2 Å². The molecule has 0 radical (unpaired) electrons. The highest BCUT2D eigenvalue weighted by atomic mass is 16.5. The van der Waals surface area contributed by atoms with Crippen molar-refractivity contribution in [2.45, 2.75) is 56.8 Å². The summed E-state index contributed by atoms with van der Waals surface area (Å²) in [5.74, 6) is 0.273. The van der Waals surface area contributed by atoms with Gasteiger partial charge in [0.15, 0.2) is 0 Å². The highest BCUT2D eigenvalue weighted by molar-refractivity contribution is 5.83. The average Bonchev–Trinajstić information content (AvgIpc) is 2.60. The third-order valence-corrected chi connectivity index (χ3v) is 5.39. The van der Waals surface area contributed by atoms with Crippen molar-refractivity contribution in [1.82, 2.24) is 10.2 Å². The van der Waals surface area contributed by atoms with Crippen LogP contribution in [0.15, 0.2) is 24.3 Å². The molecule has 3 atom stereocenters. The molecule has 1 N–H and O–H groups in total. The Morgan fingerprint density at radius 2 is 2.00 bits per heavy atom. The Morgan fingerprint density at radius 1 is 1.18 bits per heavy atom. The Bertz CT molecular complexity index is 558. The van der Waals surface area contributed by atoms with Crippen molar-refractivity contribution < 1.29 is 9.53 Å². The van der Waals surface area contributed by atoms with E-state index < -0.39 is 0 Å². The monoisotopic (exact) mass is 300 g/mol. The minimum Gasteiger partial charge on any atom is -0.374 e. The maximum Gasteiger partial charge on any atom is 0.240 e. The summed E-state index contributed by atoms with van der Waals surface area (Å²) in [6, 6.07) is 8.66. The molecule has 4 heteroatoms. The van der Waals surface area contributed by atoms with Crippen LogP contribution in [-0.2, 0) is 22.5 Å². The molecule has 2 aliphatic heterocycles. The number of nitrogens with zero attached hydrogens (tertiary/aromatic N) is 1. The van der Waals surface area contributed by atoms with Crippen LogP contribution < -0.4 is 5.32 Å². The van der Waals surface area contributed by atoms with Crippen LogP contribution in [0.5, 0.6) is 0 Å². The van der Waals surface area contributed by atoms with Gasteiger partial charge in [-0.1, -0.05) is 37.1 Å². The number of carbonyl (C=O) groups excluding carboxylic acids is 1. The van der Waals surface area contributed by atoms with E-state index in [1.54, 1.807) is 0 Å². The van der Waals surface area contributed by atoms with Gasteiger partial charge in [0.2, 0.25) is 5.91 Å². The van der Waals surface area contributed by atoms with Crippen LogP contribution in [-0.4, -0.2) is 42.1 Å². The fraction of sp³-hybridized carbons (Fsp3) is 0.611. The molecule has 4 rings (SSSR count). The molecule has 1 aromatic rings. The maximum atomic E-state index is 13.0. The molecule has 1 amide bonds. The molecule has 0 bridgehead atoms. The molecule has 2 heterocycles. The van der Waals surface area contributed by atoms with Crippen molar-refractivity contribution in [3.05, 3.63) is 35.4 Å². The second-order valence-corrected chi connectivity index (χ2v) is 6.70. The number of benzene rings is 1. The first-order valence-electron chi connectivity index (χ1n) is 8.55. The van der Waals surface area contributed by atoms with Crippen molar-refractivity contribution in [2.24, 2.45) is 0 Å². The Morgan fingerprint density at radius 3 is 2.91 bits per heavy atom. The summed E-state index contributed by atoms with van der Waals surface area (Å²) in [5.41, 5.74) is 2.64. The highest BCUT2D eigenvalue weighted by Gasteiger charge is 2.39. The second-order valence-electron chi connectivity index (χ2n) is 6.70. The third kappa shape index (κ3) is 2.55. The lowest BCUT2D eigenvalue weighted by Gasteiger charge is -2.45. The van der Waals surface area contributed by atoms with Crippen LogP contribution in [0.3, 0.4) is 0 Å². The van der Waals surface area contributed by atoms with E-state index in [9.17, 15) is 4.79 Å². The summed E-state index contributed by atoms with van der Waals surface area (Å²) in [7, 11) is 0. The van der Waals surface area contributed by atoms with Crippen LogP contribution in [0.2, 0.25) is 0 Å². The van der Waals surface area contributed by atoms with Gasteiger partial charge in [-0.15, -0.1) is 0 Å². The number of amides is 1. The molecular formula is C18H24N2O2. The van der Waals surface area contributed by atoms with Gasteiger partial charge < -0.3 is 15.0 Å². The predicted molar refractivity (Wildman–Crippen MR) is 84.5 cm³/mol. The van der Waals surface area contributed by atoms with E-state index in [-0.39, 0.29) is 18.1 Å². The Kier molecular flexibility index (Phi) is 3.89. The number of morpholine rings is 1. The average molecular weight is 300 g/mol. The molecule has 4 nitrogen and oxygen atoms in total. The zero-order valence-electron chi connectivity index (χ0n) is 13.0. The van der Waals surface area contributed by atoms with Crippen LogP contribution >= 0.6 is 0 Å². The Balaban J connectivity index is 1.49. The molecule has 22 heavy (non-hydrogen) atoms.